The van der Waals surface area contributed by atoms with Crippen molar-refractivity contribution in [3.8, 4) is 23.0 Å². The van der Waals surface area contributed by atoms with Crippen LogP contribution in [-0.2, 0) is 9.53 Å². The van der Waals surface area contributed by atoms with E-state index in [2.05, 4.69) is 4.90 Å². The topological polar surface area (TPSA) is 86.8 Å². The fourth-order valence-corrected chi connectivity index (χ4v) is 3.97. The van der Waals surface area contributed by atoms with Crippen LogP contribution in [0.5, 0.6) is 23.0 Å². The average molecular weight is 521 g/mol. The number of carbonyl (C=O) groups excluding carboxylic acids is 2. The molecule has 1 fully saturated rings. The van der Waals surface area contributed by atoms with Gasteiger partial charge in [0.25, 0.3) is 5.91 Å². The van der Waals surface area contributed by atoms with Gasteiger partial charge in [-0.05, 0) is 50.2 Å². The molecule has 0 bridgehead atoms. The van der Waals surface area contributed by atoms with Crippen molar-refractivity contribution in [1.29, 1.82) is 0 Å². The summed E-state index contributed by atoms with van der Waals surface area (Å²) in [5, 5.41) is 0.591. The lowest BCUT2D eigenvalue weighted by atomic mass is 10.1. The Balaban J connectivity index is 1.47. The largest absolute Gasteiger partial charge is 0.493 e. The van der Waals surface area contributed by atoms with Crippen molar-refractivity contribution in [1.82, 2.24) is 9.80 Å². The van der Waals surface area contributed by atoms with E-state index < -0.39 is 11.6 Å². The first-order chi connectivity index (χ1) is 17.2. The van der Waals surface area contributed by atoms with Gasteiger partial charge in [-0.3, -0.25) is 9.69 Å². The van der Waals surface area contributed by atoms with E-state index in [-0.39, 0.29) is 12.5 Å². The van der Waals surface area contributed by atoms with Gasteiger partial charge in [-0.25, -0.2) is 4.79 Å². The number of nitrogens with zero attached hydrogens (tertiary/aromatic N) is 2. The monoisotopic (exact) mass is 520 g/mol. The summed E-state index contributed by atoms with van der Waals surface area (Å²) in [7, 11) is 4.55. The van der Waals surface area contributed by atoms with Crippen LogP contribution in [0.25, 0.3) is 0 Å². The Morgan fingerprint density at radius 1 is 0.917 bits per heavy atom. The van der Waals surface area contributed by atoms with E-state index in [9.17, 15) is 9.59 Å². The van der Waals surface area contributed by atoms with Crippen molar-refractivity contribution in [3.63, 3.8) is 0 Å². The molecule has 3 rings (SSSR count). The number of carbonyl (C=O) groups is 2. The summed E-state index contributed by atoms with van der Waals surface area (Å²) in [6.07, 6.45) is 0. The summed E-state index contributed by atoms with van der Waals surface area (Å²) >= 11 is 5.89. The van der Waals surface area contributed by atoms with Gasteiger partial charge in [-0.15, -0.1) is 0 Å². The molecule has 0 spiro atoms. The zero-order valence-electron chi connectivity index (χ0n) is 21.3. The molecule has 9 nitrogen and oxygen atoms in total. The minimum Gasteiger partial charge on any atom is -0.493 e. The van der Waals surface area contributed by atoms with E-state index in [0.717, 1.165) is 0 Å². The van der Waals surface area contributed by atoms with E-state index >= 15 is 0 Å². The lowest BCUT2D eigenvalue weighted by molar-refractivity contribution is -0.159. The van der Waals surface area contributed by atoms with Gasteiger partial charge in [0, 0.05) is 43.3 Å². The fourth-order valence-electron chi connectivity index (χ4n) is 3.84. The van der Waals surface area contributed by atoms with E-state index in [1.807, 2.05) is 0 Å². The van der Waals surface area contributed by atoms with Crippen molar-refractivity contribution < 1.29 is 33.3 Å². The van der Waals surface area contributed by atoms with Gasteiger partial charge in [0.05, 0.1) is 21.3 Å². The molecule has 10 heteroatoms. The molecule has 0 aromatic heterocycles. The summed E-state index contributed by atoms with van der Waals surface area (Å²) in [5.74, 6) is 1.29. The maximum atomic E-state index is 13.1. The first kappa shape index (κ1) is 27.4. The number of ether oxygens (including phenoxy) is 5. The molecule has 1 heterocycles. The van der Waals surface area contributed by atoms with Crippen LogP contribution in [0.1, 0.15) is 24.2 Å². The summed E-state index contributed by atoms with van der Waals surface area (Å²) in [5.41, 5.74) is -0.672. The van der Waals surface area contributed by atoms with Gasteiger partial charge in [-0.2, -0.15) is 0 Å². The Hall–Kier alpha value is -3.17. The van der Waals surface area contributed by atoms with Gasteiger partial charge in [-0.1, -0.05) is 11.6 Å². The quantitative estimate of drug-likeness (QED) is 0.440. The third-order valence-electron chi connectivity index (χ3n) is 5.89. The molecule has 0 N–H and O–H groups in total. The van der Waals surface area contributed by atoms with Crippen molar-refractivity contribution in [3.05, 3.63) is 47.0 Å². The zero-order valence-corrected chi connectivity index (χ0v) is 22.1. The van der Waals surface area contributed by atoms with Gasteiger partial charge < -0.3 is 28.6 Å². The highest BCUT2D eigenvalue weighted by Crippen LogP contribution is 2.38. The molecule has 196 valence electrons. The molecule has 2 aromatic rings. The SMILES string of the molecule is COc1cc(C(=O)N2CCN(CCOC(=O)C(C)(C)Oc3ccc(Cl)cc3)CC2)cc(OC)c1OC. The van der Waals surface area contributed by atoms with Gasteiger partial charge in [0.1, 0.15) is 12.4 Å². The molecule has 0 atom stereocenters. The third kappa shape index (κ3) is 6.73. The molecule has 1 aliphatic rings. The van der Waals surface area contributed by atoms with Crippen LogP contribution in [0.2, 0.25) is 5.02 Å². The number of hydrogen-bond donors (Lipinski definition) is 0. The minimum absolute atomic E-state index is 0.110. The molecule has 2 aromatic carbocycles. The molecule has 1 aliphatic heterocycles. The second-order valence-corrected chi connectivity index (χ2v) is 9.19. The third-order valence-corrected chi connectivity index (χ3v) is 6.14. The Labute approximate surface area is 216 Å². The van der Waals surface area contributed by atoms with Gasteiger partial charge in [0.2, 0.25) is 5.75 Å². The zero-order chi connectivity index (χ0) is 26.3. The van der Waals surface area contributed by atoms with Crippen LogP contribution in [0, 0.1) is 0 Å². The van der Waals surface area contributed by atoms with Crippen molar-refractivity contribution in [2.24, 2.45) is 0 Å². The number of hydrogen-bond acceptors (Lipinski definition) is 8. The van der Waals surface area contributed by atoms with Crippen LogP contribution in [0.4, 0.5) is 0 Å². The van der Waals surface area contributed by atoms with Crippen LogP contribution >= 0.6 is 11.6 Å². The maximum absolute atomic E-state index is 13.1. The lowest BCUT2D eigenvalue weighted by Crippen LogP contribution is -2.49. The van der Waals surface area contributed by atoms with Crippen molar-refractivity contribution in [2.45, 2.75) is 19.4 Å². The average Bonchev–Trinajstić information content (AvgIpc) is 2.88. The molecule has 0 saturated carbocycles. The maximum Gasteiger partial charge on any atom is 0.349 e. The van der Waals surface area contributed by atoms with E-state index in [1.165, 1.54) is 21.3 Å². The number of halogens is 1. The molecular weight excluding hydrogens is 488 g/mol. The van der Waals surface area contributed by atoms with Crippen LogP contribution in [0.3, 0.4) is 0 Å². The second kappa shape index (κ2) is 12.2. The molecule has 0 unspecified atom stereocenters. The second-order valence-electron chi connectivity index (χ2n) is 8.75. The molecule has 36 heavy (non-hydrogen) atoms. The highest BCUT2D eigenvalue weighted by atomic mass is 35.5. The summed E-state index contributed by atoms with van der Waals surface area (Å²) in [6, 6.07) is 10.1. The predicted octanol–water partition coefficient (Wildman–Crippen LogP) is 3.52. The number of methoxy groups -OCH3 is 3. The number of piperazine rings is 1. The number of amides is 1. The number of benzene rings is 2. The van der Waals surface area contributed by atoms with E-state index in [4.69, 9.17) is 35.3 Å². The smallest absolute Gasteiger partial charge is 0.349 e. The predicted molar refractivity (Wildman–Crippen MR) is 136 cm³/mol. The van der Waals surface area contributed by atoms with Crippen molar-refractivity contribution >= 4 is 23.5 Å². The highest BCUT2D eigenvalue weighted by Gasteiger charge is 2.32. The Morgan fingerprint density at radius 2 is 1.50 bits per heavy atom. The van der Waals surface area contributed by atoms with E-state index in [1.54, 1.807) is 55.1 Å². The number of esters is 1. The Kier molecular flexibility index (Phi) is 9.28. The molecular formula is C26H33ClN2O7. The first-order valence-electron chi connectivity index (χ1n) is 11.6. The Bertz CT molecular complexity index is 1030. The lowest BCUT2D eigenvalue weighted by Gasteiger charge is -2.35. The molecule has 0 aliphatic carbocycles. The fraction of sp³-hybridized carbons (Fsp3) is 0.462. The molecule has 1 amide bonds. The van der Waals surface area contributed by atoms with Crippen molar-refractivity contribution in [2.75, 3.05) is 60.7 Å². The Morgan fingerprint density at radius 3 is 2.03 bits per heavy atom. The van der Waals surface area contributed by atoms with Crippen LogP contribution < -0.4 is 18.9 Å². The summed E-state index contributed by atoms with van der Waals surface area (Å²) in [4.78, 5) is 29.6. The standard InChI is InChI=1S/C26H33ClN2O7/c1-26(2,36-20-8-6-19(27)7-9-20)25(31)35-15-14-28-10-12-29(13-11-28)24(30)18-16-21(32-3)23(34-5)22(17-18)33-4/h6-9,16-17H,10-15H2,1-5H3. The molecule has 1 saturated heterocycles. The number of rotatable bonds is 10. The minimum atomic E-state index is -1.14. The first-order valence-corrected chi connectivity index (χ1v) is 12.0. The summed E-state index contributed by atoms with van der Waals surface area (Å²) in [6.45, 7) is 6.55. The molecule has 0 radical (unpaired) electrons. The van der Waals surface area contributed by atoms with Gasteiger partial charge >= 0.3 is 5.97 Å². The van der Waals surface area contributed by atoms with Crippen LogP contribution in [-0.4, -0.2) is 87.9 Å². The summed E-state index contributed by atoms with van der Waals surface area (Å²) < 4.78 is 27.3. The highest BCUT2D eigenvalue weighted by molar-refractivity contribution is 6.30. The van der Waals surface area contributed by atoms with E-state index in [0.29, 0.717) is 66.3 Å². The van der Waals surface area contributed by atoms with Crippen LogP contribution in [0.15, 0.2) is 36.4 Å². The van der Waals surface area contributed by atoms with Gasteiger partial charge in [0.15, 0.2) is 17.1 Å². The normalized spacial score (nSPS) is 14.2.